The molecule has 0 aliphatic rings. The van der Waals surface area contributed by atoms with Crippen molar-refractivity contribution in [3.8, 4) is 11.3 Å². The molecule has 2 N–H and O–H groups in total. The van der Waals surface area contributed by atoms with Crippen molar-refractivity contribution in [3.05, 3.63) is 44.2 Å². The van der Waals surface area contributed by atoms with E-state index >= 15 is 0 Å². The predicted octanol–water partition coefficient (Wildman–Crippen LogP) is 2.47. The number of nitrogens with zero attached hydrogens (tertiary/aromatic N) is 1. The molecule has 0 aliphatic carbocycles. The predicted molar refractivity (Wildman–Crippen MR) is 79.9 cm³/mol. The van der Waals surface area contributed by atoms with Crippen molar-refractivity contribution in [2.45, 2.75) is 19.8 Å². The van der Waals surface area contributed by atoms with Gasteiger partial charge in [-0.1, -0.05) is 22.0 Å². The normalized spacial score (nSPS) is 10.8. The van der Waals surface area contributed by atoms with Gasteiger partial charge in [0.2, 0.25) is 0 Å². The maximum Gasteiger partial charge on any atom is 0.303 e. The third-order valence-corrected chi connectivity index (χ3v) is 3.70. The van der Waals surface area contributed by atoms with Crippen LogP contribution < -0.4 is 5.56 Å². The molecule has 2 aromatic rings. The lowest BCUT2D eigenvalue weighted by Gasteiger charge is -2.06. The molecule has 106 valence electrons. The number of carboxylic acid groups (broad SMARTS) is 1. The Balaban J connectivity index is 2.56. The van der Waals surface area contributed by atoms with Gasteiger partial charge in [-0.15, -0.1) is 0 Å². The Hall–Kier alpha value is -1.82. The number of carboxylic acids is 1. The fraction of sp³-hybridized carbons (Fsp3) is 0.286. The first-order valence-electron chi connectivity index (χ1n) is 6.16. The van der Waals surface area contributed by atoms with Gasteiger partial charge in [0, 0.05) is 29.1 Å². The van der Waals surface area contributed by atoms with Gasteiger partial charge < -0.3 is 5.11 Å². The van der Waals surface area contributed by atoms with Gasteiger partial charge in [-0.2, -0.15) is 0 Å². The molecular weight excluding hydrogens is 324 g/mol. The first-order valence-corrected chi connectivity index (χ1v) is 6.95. The number of aromatic amines is 1. The van der Waals surface area contributed by atoms with Crippen LogP contribution in [0.4, 0.5) is 0 Å². The summed E-state index contributed by atoms with van der Waals surface area (Å²) in [5.41, 5.74) is 2.94. The summed E-state index contributed by atoms with van der Waals surface area (Å²) in [6.07, 6.45) is 0.153. The highest BCUT2D eigenvalue weighted by atomic mass is 79.9. The van der Waals surface area contributed by atoms with Gasteiger partial charge in [0.15, 0.2) is 0 Å². The van der Waals surface area contributed by atoms with Crippen molar-refractivity contribution in [1.82, 2.24) is 9.78 Å². The quantitative estimate of drug-likeness (QED) is 0.899. The zero-order valence-electron chi connectivity index (χ0n) is 11.2. The van der Waals surface area contributed by atoms with E-state index in [-0.39, 0.29) is 18.4 Å². The number of aryl methyl sites for hydroxylation is 2. The number of benzene rings is 1. The summed E-state index contributed by atoms with van der Waals surface area (Å²) in [6.45, 7) is 1.95. The topological polar surface area (TPSA) is 75.1 Å². The van der Waals surface area contributed by atoms with E-state index in [0.29, 0.717) is 11.3 Å². The second-order valence-electron chi connectivity index (χ2n) is 4.68. The minimum Gasteiger partial charge on any atom is -0.481 e. The number of rotatable bonds is 4. The summed E-state index contributed by atoms with van der Waals surface area (Å²) < 4.78 is 2.29. The molecule has 0 fully saturated rings. The van der Waals surface area contributed by atoms with Crippen molar-refractivity contribution in [3.63, 3.8) is 0 Å². The molecule has 1 aromatic carbocycles. The molecule has 0 saturated carbocycles. The summed E-state index contributed by atoms with van der Waals surface area (Å²) in [5, 5.41) is 11.8. The molecule has 2 rings (SSSR count). The van der Waals surface area contributed by atoms with Crippen LogP contribution in [0.3, 0.4) is 0 Å². The maximum absolute atomic E-state index is 12.1. The van der Waals surface area contributed by atoms with Crippen molar-refractivity contribution in [1.29, 1.82) is 0 Å². The highest BCUT2D eigenvalue weighted by Crippen LogP contribution is 2.27. The van der Waals surface area contributed by atoms with Crippen LogP contribution in [-0.4, -0.2) is 20.9 Å². The van der Waals surface area contributed by atoms with Crippen molar-refractivity contribution in [2.75, 3.05) is 0 Å². The van der Waals surface area contributed by atoms with E-state index in [2.05, 4.69) is 21.0 Å². The maximum atomic E-state index is 12.1. The lowest BCUT2D eigenvalue weighted by Crippen LogP contribution is -2.16. The van der Waals surface area contributed by atoms with Crippen LogP contribution in [0.2, 0.25) is 0 Å². The van der Waals surface area contributed by atoms with Gasteiger partial charge in [0.05, 0.1) is 5.69 Å². The fourth-order valence-corrected chi connectivity index (χ4v) is 2.51. The van der Waals surface area contributed by atoms with E-state index in [9.17, 15) is 9.59 Å². The summed E-state index contributed by atoms with van der Waals surface area (Å²) >= 11 is 3.41. The average molecular weight is 339 g/mol. The number of H-pyrrole nitrogens is 1. The molecule has 0 aliphatic heterocycles. The van der Waals surface area contributed by atoms with E-state index in [1.807, 2.05) is 25.1 Å². The molecule has 20 heavy (non-hydrogen) atoms. The van der Waals surface area contributed by atoms with Crippen LogP contribution in [0.25, 0.3) is 11.3 Å². The van der Waals surface area contributed by atoms with Crippen LogP contribution in [0, 0.1) is 6.92 Å². The standard InChI is InChI=1S/C14H15BrN2O3/c1-8-3-4-9(15)7-11(8)13-10(5-6-12(18)19)14(20)17(2)16-13/h3-4,7,16H,5-6H2,1-2H3,(H,18,19). The van der Waals surface area contributed by atoms with E-state index in [4.69, 9.17) is 5.11 Å². The Bertz CT molecular complexity index is 716. The molecule has 0 radical (unpaired) electrons. The molecule has 0 bridgehead atoms. The fourth-order valence-electron chi connectivity index (χ4n) is 2.15. The Labute approximate surface area is 124 Å². The van der Waals surface area contributed by atoms with Crippen molar-refractivity contribution < 1.29 is 9.90 Å². The summed E-state index contributed by atoms with van der Waals surface area (Å²) in [5.74, 6) is -0.912. The second-order valence-corrected chi connectivity index (χ2v) is 5.60. The zero-order chi connectivity index (χ0) is 14.9. The smallest absolute Gasteiger partial charge is 0.303 e. The number of hydrogen-bond donors (Lipinski definition) is 2. The van der Waals surface area contributed by atoms with Gasteiger partial charge in [-0.05, 0) is 31.0 Å². The third kappa shape index (κ3) is 2.85. The van der Waals surface area contributed by atoms with Gasteiger partial charge in [-0.3, -0.25) is 19.4 Å². The highest BCUT2D eigenvalue weighted by molar-refractivity contribution is 9.10. The number of carbonyl (C=O) groups is 1. The number of hydrogen-bond acceptors (Lipinski definition) is 2. The monoisotopic (exact) mass is 338 g/mol. The molecule has 5 nitrogen and oxygen atoms in total. The number of aliphatic carboxylic acids is 1. The molecule has 0 spiro atoms. The van der Waals surface area contributed by atoms with Crippen LogP contribution in [0.15, 0.2) is 27.5 Å². The lowest BCUT2D eigenvalue weighted by molar-refractivity contribution is -0.136. The van der Waals surface area contributed by atoms with E-state index in [1.54, 1.807) is 7.05 Å². The van der Waals surface area contributed by atoms with Crippen molar-refractivity contribution in [2.24, 2.45) is 7.05 Å². The molecular formula is C14H15BrN2O3. The van der Waals surface area contributed by atoms with Gasteiger partial charge in [0.25, 0.3) is 5.56 Å². The molecule has 6 heteroatoms. The zero-order valence-corrected chi connectivity index (χ0v) is 12.8. The Kier molecular flexibility index (Phi) is 4.13. The molecule has 1 heterocycles. The third-order valence-electron chi connectivity index (χ3n) is 3.20. The Morgan fingerprint density at radius 3 is 2.80 bits per heavy atom. The number of nitrogens with one attached hydrogen (secondary N) is 1. The van der Waals surface area contributed by atoms with Crippen molar-refractivity contribution >= 4 is 21.9 Å². The highest BCUT2D eigenvalue weighted by Gasteiger charge is 2.16. The van der Waals surface area contributed by atoms with Crippen LogP contribution in [-0.2, 0) is 18.3 Å². The molecule has 0 amide bonds. The van der Waals surface area contributed by atoms with E-state index < -0.39 is 5.97 Å². The van der Waals surface area contributed by atoms with Crippen LogP contribution in [0.5, 0.6) is 0 Å². The molecule has 1 aromatic heterocycles. The summed E-state index contributed by atoms with van der Waals surface area (Å²) in [7, 11) is 1.63. The van der Waals surface area contributed by atoms with E-state index in [1.165, 1.54) is 4.68 Å². The molecule has 0 unspecified atom stereocenters. The number of halogens is 1. The summed E-state index contributed by atoms with van der Waals surface area (Å²) in [6, 6.07) is 5.80. The molecule has 0 saturated heterocycles. The Morgan fingerprint density at radius 1 is 1.45 bits per heavy atom. The Morgan fingerprint density at radius 2 is 2.15 bits per heavy atom. The molecule has 0 atom stereocenters. The minimum atomic E-state index is -0.912. The van der Waals surface area contributed by atoms with E-state index in [0.717, 1.165) is 15.6 Å². The number of aromatic nitrogens is 2. The largest absolute Gasteiger partial charge is 0.481 e. The van der Waals surface area contributed by atoms with Crippen LogP contribution in [0.1, 0.15) is 17.5 Å². The first-order chi connectivity index (χ1) is 9.40. The minimum absolute atomic E-state index is 0.0624. The lowest BCUT2D eigenvalue weighted by atomic mass is 10.0. The summed E-state index contributed by atoms with van der Waals surface area (Å²) in [4.78, 5) is 22.8. The van der Waals surface area contributed by atoms with Gasteiger partial charge >= 0.3 is 5.97 Å². The van der Waals surface area contributed by atoms with Gasteiger partial charge in [-0.25, -0.2) is 0 Å². The van der Waals surface area contributed by atoms with Gasteiger partial charge in [0.1, 0.15) is 0 Å². The SMILES string of the molecule is Cc1ccc(Br)cc1-c1[nH]n(C)c(=O)c1CCC(=O)O. The first kappa shape index (κ1) is 14.6. The average Bonchev–Trinajstić information content (AvgIpc) is 2.66. The van der Waals surface area contributed by atoms with Crippen LogP contribution >= 0.6 is 15.9 Å². The second kappa shape index (κ2) is 5.66.